The Morgan fingerprint density at radius 3 is 1.87 bits per heavy atom. The summed E-state index contributed by atoms with van der Waals surface area (Å²) in [5.74, 6) is 0. The Balaban J connectivity index is 1.88. The normalized spacial score (nSPS) is 11.7. The number of aromatic nitrogens is 2. The summed E-state index contributed by atoms with van der Waals surface area (Å²) in [5.41, 5.74) is 5.21. The van der Waals surface area contributed by atoms with Gasteiger partial charge in [-0.2, -0.15) is 0 Å². The Morgan fingerprint density at radius 2 is 1.23 bits per heavy atom. The first-order valence-electron chi connectivity index (χ1n) is 10.9. The standard InChI is InChI=1S/C26H25N3O2/c1-4-15-11-21-19(14-24(15)29(5-2)6-3)26(31)18-13-22-17(12-23(18)28-21)25(30)16-9-7-8-10-20(16)27-22/h7-14H,4-6H2,1-3H3,(H,27,30)(H,28,31). The molecule has 156 valence electrons. The molecule has 3 aromatic carbocycles. The molecule has 0 bridgehead atoms. The molecule has 0 aliphatic carbocycles. The minimum atomic E-state index is -0.0293. The maximum atomic E-state index is 13.5. The predicted octanol–water partition coefficient (Wildman–Crippen LogP) is 5.08. The number of benzene rings is 3. The van der Waals surface area contributed by atoms with E-state index in [9.17, 15) is 9.59 Å². The Morgan fingerprint density at radius 1 is 0.677 bits per heavy atom. The molecule has 0 atom stereocenters. The molecular weight excluding hydrogens is 386 g/mol. The number of pyridine rings is 2. The van der Waals surface area contributed by atoms with Gasteiger partial charge in [-0.3, -0.25) is 9.59 Å². The topological polar surface area (TPSA) is 69.0 Å². The summed E-state index contributed by atoms with van der Waals surface area (Å²) in [5, 5.41) is 2.49. The van der Waals surface area contributed by atoms with Crippen molar-refractivity contribution in [3.63, 3.8) is 0 Å². The van der Waals surface area contributed by atoms with Gasteiger partial charge in [-0.15, -0.1) is 0 Å². The Labute approximate surface area is 179 Å². The number of para-hydroxylation sites is 1. The van der Waals surface area contributed by atoms with Crippen molar-refractivity contribution in [2.24, 2.45) is 0 Å². The number of nitrogens with one attached hydrogen (secondary N) is 2. The molecule has 0 aliphatic heterocycles. The summed E-state index contributed by atoms with van der Waals surface area (Å²) in [7, 11) is 0. The fourth-order valence-electron chi connectivity index (χ4n) is 4.62. The van der Waals surface area contributed by atoms with Crippen molar-refractivity contribution in [3.05, 3.63) is 74.5 Å². The second kappa shape index (κ2) is 7.27. The van der Waals surface area contributed by atoms with Crippen LogP contribution < -0.4 is 15.8 Å². The highest BCUT2D eigenvalue weighted by molar-refractivity contribution is 6.03. The lowest BCUT2D eigenvalue weighted by Gasteiger charge is -2.24. The lowest BCUT2D eigenvalue weighted by atomic mass is 10.0. The third-order valence-corrected chi connectivity index (χ3v) is 6.31. The highest BCUT2D eigenvalue weighted by atomic mass is 16.1. The quantitative estimate of drug-likeness (QED) is 0.405. The number of fused-ring (bicyclic) bond motifs is 4. The molecule has 0 spiro atoms. The van der Waals surface area contributed by atoms with Crippen LogP contribution in [-0.2, 0) is 6.42 Å². The van der Waals surface area contributed by atoms with Crippen LogP contribution in [0.15, 0.2) is 58.1 Å². The second-order valence-electron chi connectivity index (χ2n) is 7.95. The van der Waals surface area contributed by atoms with E-state index in [1.54, 1.807) is 6.07 Å². The molecule has 0 unspecified atom stereocenters. The molecule has 5 rings (SSSR count). The minimum Gasteiger partial charge on any atom is -0.372 e. The van der Waals surface area contributed by atoms with E-state index in [-0.39, 0.29) is 10.9 Å². The van der Waals surface area contributed by atoms with Crippen LogP contribution in [0.5, 0.6) is 0 Å². The summed E-state index contributed by atoms with van der Waals surface area (Å²) in [6.07, 6.45) is 0.880. The first kappa shape index (κ1) is 19.4. The van der Waals surface area contributed by atoms with Crippen LogP contribution in [0, 0.1) is 0 Å². The van der Waals surface area contributed by atoms with Crippen LogP contribution >= 0.6 is 0 Å². The van der Waals surface area contributed by atoms with Gasteiger partial charge in [0.1, 0.15) is 0 Å². The number of hydrogen-bond donors (Lipinski definition) is 2. The monoisotopic (exact) mass is 411 g/mol. The molecule has 0 saturated heterocycles. The largest absolute Gasteiger partial charge is 0.372 e. The van der Waals surface area contributed by atoms with Gasteiger partial charge in [0.25, 0.3) is 0 Å². The molecule has 0 radical (unpaired) electrons. The number of rotatable bonds is 4. The van der Waals surface area contributed by atoms with Crippen LogP contribution in [0.4, 0.5) is 5.69 Å². The van der Waals surface area contributed by atoms with E-state index in [0.29, 0.717) is 32.6 Å². The van der Waals surface area contributed by atoms with Crippen LogP contribution in [0.25, 0.3) is 43.6 Å². The molecule has 2 heterocycles. The van der Waals surface area contributed by atoms with Crippen LogP contribution in [0.2, 0.25) is 0 Å². The van der Waals surface area contributed by atoms with Crippen molar-refractivity contribution in [2.45, 2.75) is 27.2 Å². The van der Waals surface area contributed by atoms with Crippen molar-refractivity contribution >= 4 is 49.3 Å². The maximum Gasteiger partial charge on any atom is 0.197 e. The van der Waals surface area contributed by atoms with Crippen molar-refractivity contribution in [3.8, 4) is 0 Å². The van der Waals surface area contributed by atoms with Gasteiger partial charge in [-0.25, -0.2) is 0 Å². The van der Waals surface area contributed by atoms with Crippen molar-refractivity contribution < 1.29 is 0 Å². The SMILES string of the molecule is CCc1cc2[nH]c3cc4c(=O)c5ccccc5[nH]c4cc3c(=O)c2cc1N(CC)CC. The fourth-order valence-corrected chi connectivity index (χ4v) is 4.62. The van der Waals surface area contributed by atoms with E-state index in [4.69, 9.17) is 0 Å². The van der Waals surface area contributed by atoms with Crippen molar-refractivity contribution in [1.29, 1.82) is 0 Å². The minimum absolute atomic E-state index is 0.0179. The molecule has 5 nitrogen and oxygen atoms in total. The third-order valence-electron chi connectivity index (χ3n) is 6.31. The van der Waals surface area contributed by atoms with E-state index >= 15 is 0 Å². The summed E-state index contributed by atoms with van der Waals surface area (Å²) < 4.78 is 0. The van der Waals surface area contributed by atoms with Gasteiger partial charge in [0.15, 0.2) is 10.9 Å². The second-order valence-corrected chi connectivity index (χ2v) is 7.95. The van der Waals surface area contributed by atoms with Crippen LogP contribution in [0.3, 0.4) is 0 Å². The lowest BCUT2D eigenvalue weighted by Crippen LogP contribution is -2.23. The van der Waals surface area contributed by atoms with Gasteiger partial charge in [-0.1, -0.05) is 19.1 Å². The zero-order valence-corrected chi connectivity index (χ0v) is 18.0. The number of aryl methyl sites for hydroxylation is 1. The number of anilines is 1. The van der Waals surface area contributed by atoms with E-state index in [1.807, 2.05) is 36.4 Å². The molecule has 5 heteroatoms. The van der Waals surface area contributed by atoms with Gasteiger partial charge in [-0.05, 0) is 62.2 Å². The molecule has 31 heavy (non-hydrogen) atoms. The molecule has 2 aromatic heterocycles. The fraction of sp³-hybridized carbons (Fsp3) is 0.231. The molecule has 0 aliphatic rings. The smallest absolute Gasteiger partial charge is 0.197 e. The highest BCUT2D eigenvalue weighted by Crippen LogP contribution is 2.28. The average molecular weight is 412 g/mol. The van der Waals surface area contributed by atoms with Gasteiger partial charge >= 0.3 is 0 Å². The average Bonchev–Trinajstić information content (AvgIpc) is 2.79. The van der Waals surface area contributed by atoms with Crippen molar-refractivity contribution in [2.75, 3.05) is 18.0 Å². The first-order chi connectivity index (χ1) is 15.0. The summed E-state index contributed by atoms with van der Waals surface area (Å²) in [6, 6.07) is 15.2. The summed E-state index contributed by atoms with van der Waals surface area (Å²) >= 11 is 0. The third kappa shape index (κ3) is 2.92. The van der Waals surface area contributed by atoms with Gasteiger partial charge in [0.05, 0.1) is 16.6 Å². The predicted molar refractivity (Wildman–Crippen MR) is 131 cm³/mol. The number of hydrogen-bond acceptors (Lipinski definition) is 3. The lowest BCUT2D eigenvalue weighted by molar-refractivity contribution is 0.857. The first-order valence-corrected chi connectivity index (χ1v) is 10.9. The summed E-state index contributed by atoms with van der Waals surface area (Å²) in [6.45, 7) is 8.17. The van der Waals surface area contributed by atoms with Crippen molar-refractivity contribution in [1.82, 2.24) is 9.97 Å². The number of aromatic amines is 2. The Bertz CT molecular complexity index is 1590. The van der Waals surface area contributed by atoms with Gasteiger partial charge < -0.3 is 14.9 Å². The number of nitrogens with zero attached hydrogens (tertiary/aromatic N) is 1. The highest BCUT2D eigenvalue weighted by Gasteiger charge is 2.15. The molecule has 0 saturated carbocycles. The molecule has 0 fully saturated rings. The van der Waals surface area contributed by atoms with E-state index in [2.05, 4.69) is 41.7 Å². The molecule has 2 N–H and O–H groups in total. The van der Waals surface area contributed by atoms with E-state index < -0.39 is 0 Å². The Hall–Kier alpha value is -3.60. The summed E-state index contributed by atoms with van der Waals surface area (Å²) in [4.78, 5) is 35.6. The van der Waals surface area contributed by atoms with E-state index in [0.717, 1.165) is 36.2 Å². The number of H-pyrrole nitrogens is 2. The zero-order valence-electron chi connectivity index (χ0n) is 18.0. The maximum absolute atomic E-state index is 13.5. The van der Waals surface area contributed by atoms with Gasteiger partial charge in [0.2, 0.25) is 0 Å². The van der Waals surface area contributed by atoms with Gasteiger partial charge in [0, 0.05) is 45.8 Å². The van der Waals surface area contributed by atoms with E-state index in [1.165, 1.54) is 5.56 Å². The zero-order chi connectivity index (χ0) is 21.7. The molecule has 5 aromatic rings. The van der Waals surface area contributed by atoms with Crippen LogP contribution in [-0.4, -0.2) is 23.1 Å². The Kier molecular flexibility index (Phi) is 4.54. The van der Waals surface area contributed by atoms with Crippen LogP contribution in [0.1, 0.15) is 26.3 Å². The molecular formula is C26H25N3O2. The molecule has 0 amide bonds.